The number of hydrogen-bond donors (Lipinski definition) is 1. The zero-order valence-corrected chi connectivity index (χ0v) is 15.9. The SMILES string of the molecule is C=C(c1ccc2c(c1)C(=O)N(C(C)(C)C)CC(=O)N2)[Si](C)(C)C. The van der Waals surface area contributed by atoms with Crippen LogP contribution in [-0.2, 0) is 4.79 Å². The van der Waals surface area contributed by atoms with Gasteiger partial charge < -0.3 is 10.2 Å². The molecule has 5 heteroatoms. The first-order chi connectivity index (χ1) is 10.4. The zero-order valence-electron chi connectivity index (χ0n) is 14.9. The van der Waals surface area contributed by atoms with Gasteiger partial charge in [-0.15, -0.1) is 0 Å². The van der Waals surface area contributed by atoms with Gasteiger partial charge in [-0.2, -0.15) is 0 Å². The average molecular weight is 331 g/mol. The van der Waals surface area contributed by atoms with E-state index in [1.54, 1.807) is 4.90 Å². The van der Waals surface area contributed by atoms with Gasteiger partial charge in [0.1, 0.15) is 6.54 Å². The minimum atomic E-state index is -1.56. The van der Waals surface area contributed by atoms with E-state index in [0.717, 1.165) is 10.8 Å². The number of amides is 2. The lowest BCUT2D eigenvalue weighted by Crippen LogP contribution is -2.47. The number of benzene rings is 1. The van der Waals surface area contributed by atoms with Crippen molar-refractivity contribution in [3.05, 3.63) is 35.9 Å². The minimum absolute atomic E-state index is 0.0707. The summed E-state index contributed by atoms with van der Waals surface area (Å²) in [5.41, 5.74) is 1.70. The van der Waals surface area contributed by atoms with Gasteiger partial charge in [-0.05, 0) is 38.5 Å². The summed E-state index contributed by atoms with van der Waals surface area (Å²) in [5.74, 6) is -0.278. The number of hydrogen-bond acceptors (Lipinski definition) is 2. The third kappa shape index (κ3) is 3.55. The van der Waals surface area contributed by atoms with E-state index in [9.17, 15) is 9.59 Å². The van der Waals surface area contributed by atoms with Crippen molar-refractivity contribution in [2.75, 3.05) is 11.9 Å². The van der Waals surface area contributed by atoms with Crippen LogP contribution in [-0.4, -0.2) is 36.9 Å². The summed E-state index contributed by atoms with van der Waals surface area (Å²) >= 11 is 0. The molecule has 1 aromatic rings. The van der Waals surface area contributed by atoms with Crippen LogP contribution in [0.2, 0.25) is 19.6 Å². The molecule has 2 amide bonds. The van der Waals surface area contributed by atoms with E-state index in [-0.39, 0.29) is 18.4 Å². The molecule has 124 valence electrons. The van der Waals surface area contributed by atoms with Crippen molar-refractivity contribution in [2.45, 2.75) is 46.0 Å². The van der Waals surface area contributed by atoms with Gasteiger partial charge in [-0.25, -0.2) is 0 Å². The van der Waals surface area contributed by atoms with Crippen LogP contribution in [0.1, 0.15) is 36.7 Å². The molecule has 0 fully saturated rings. The topological polar surface area (TPSA) is 49.4 Å². The number of rotatable bonds is 2. The van der Waals surface area contributed by atoms with Gasteiger partial charge in [0.25, 0.3) is 5.91 Å². The van der Waals surface area contributed by atoms with Crippen LogP contribution in [0.4, 0.5) is 5.69 Å². The van der Waals surface area contributed by atoms with Crippen molar-refractivity contribution in [1.82, 2.24) is 4.90 Å². The Morgan fingerprint density at radius 3 is 2.35 bits per heavy atom. The molecule has 1 aliphatic heterocycles. The molecule has 1 N–H and O–H groups in total. The van der Waals surface area contributed by atoms with Gasteiger partial charge in [-0.1, -0.05) is 37.5 Å². The van der Waals surface area contributed by atoms with Crippen molar-refractivity contribution in [2.24, 2.45) is 0 Å². The van der Waals surface area contributed by atoms with E-state index in [1.807, 2.05) is 39.0 Å². The Morgan fingerprint density at radius 1 is 1.22 bits per heavy atom. The van der Waals surface area contributed by atoms with Gasteiger partial charge in [0, 0.05) is 5.54 Å². The Hall–Kier alpha value is -1.88. The Balaban J connectivity index is 2.54. The molecular formula is C18H26N2O2Si. The van der Waals surface area contributed by atoms with Crippen molar-refractivity contribution in [1.29, 1.82) is 0 Å². The maximum absolute atomic E-state index is 13.0. The molecule has 23 heavy (non-hydrogen) atoms. The fourth-order valence-electron chi connectivity index (χ4n) is 2.54. The second kappa shape index (κ2) is 5.64. The van der Waals surface area contributed by atoms with E-state index in [4.69, 9.17) is 0 Å². The van der Waals surface area contributed by atoms with E-state index < -0.39 is 13.6 Å². The van der Waals surface area contributed by atoms with Crippen molar-refractivity contribution < 1.29 is 9.59 Å². The molecule has 0 saturated heterocycles. The zero-order chi connectivity index (χ0) is 17.6. The molecule has 2 rings (SSSR count). The summed E-state index contributed by atoms with van der Waals surface area (Å²) < 4.78 is 0. The summed E-state index contributed by atoms with van der Waals surface area (Å²) in [6.07, 6.45) is 0. The highest BCUT2D eigenvalue weighted by molar-refractivity contribution is 6.93. The monoisotopic (exact) mass is 330 g/mol. The number of carbonyl (C=O) groups excluding carboxylic acids is 2. The highest BCUT2D eigenvalue weighted by atomic mass is 28.3. The third-order valence-electron chi connectivity index (χ3n) is 4.13. The second-order valence-electron chi connectivity index (χ2n) is 8.10. The maximum Gasteiger partial charge on any atom is 0.256 e. The Labute approximate surface area is 139 Å². The van der Waals surface area contributed by atoms with Gasteiger partial charge >= 0.3 is 0 Å². The van der Waals surface area contributed by atoms with Crippen LogP contribution < -0.4 is 5.32 Å². The molecule has 1 aliphatic rings. The summed E-state index contributed by atoms with van der Waals surface area (Å²) in [7, 11) is -1.56. The fourth-order valence-corrected chi connectivity index (χ4v) is 3.56. The van der Waals surface area contributed by atoms with Crippen LogP contribution >= 0.6 is 0 Å². The molecule has 0 aromatic heterocycles. The Morgan fingerprint density at radius 2 is 1.83 bits per heavy atom. The molecule has 0 radical (unpaired) electrons. The summed E-state index contributed by atoms with van der Waals surface area (Å²) in [6, 6.07) is 5.64. The largest absolute Gasteiger partial charge is 0.324 e. The third-order valence-corrected chi connectivity index (χ3v) is 6.23. The molecule has 1 aromatic carbocycles. The molecule has 0 saturated carbocycles. The van der Waals surface area contributed by atoms with Crippen LogP contribution in [0.25, 0.3) is 5.20 Å². The highest BCUT2D eigenvalue weighted by Gasteiger charge is 2.34. The molecule has 1 heterocycles. The summed E-state index contributed by atoms with van der Waals surface area (Å²) in [4.78, 5) is 26.7. The fraction of sp³-hybridized carbons (Fsp3) is 0.444. The first-order valence-electron chi connectivity index (χ1n) is 7.87. The van der Waals surface area contributed by atoms with Crippen LogP contribution in [0, 0.1) is 0 Å². The van der Waals surface area contributed by atoms with Crippen molar-refractivity contribution >= 4 is 30.8 Å². The second-order valence-corrected chi connectivity index (χ2v) is 13.2. The quantitative estimate of drug-likeness (QED) is 0.839. The lowest BCUT2D eigenvalue weighted by atomic mass is 10.0. The first kappa shape index (κ1) is 17.5. The molecular weight excluding hydrogens is 304 g/mol. The van der Waals surface area contributed by atoms with Gasteiger partial charge in [0.05, 0.1) is 19.3 Å². The van der Waals surface area contributed by atoms with E-state index >= 15 is 0 Å². The lowest BCUT2D eigenvalue weighted by molar-refractivity contribution is -0.117. The number of anilines is 1. The average Bonchev–Trinajstić information content (AvgIpc) is 2.53. The number of carbonyl (C=O) groups is 2. The lowest BCUT2D eigenvalue weighted by Gasteiger charge is -2.34. The molecule has 0 bridgehead atoms. The molecule has 0 unspecified atom stereocenters. The number of fused-ring (bicyclic) bond motifs is 1. The van der Waals surface area contributed by atoms with Crippen LogP contribution in [0.5, 0.6) is 0 Å². The van der Waals surface area contributed by atoms with Gasteiger partial charge in [0.15, 0.2) is 0 Å². The standard InChI is InChI=1S/C18H26N2O2Si/c1-12(23(5,6)7)13-8-9-15-14(10-13)17(22)20(18(2,3)4)11-16(21)19-15/h8-10H,1,11H2,2-7H3,(H,19,21). The van der Waals surface area contributed by atoms with Gasteiger partial charge in [-0.3, -0.25) is 9.59 Å². The Bertz CT molecular complexity index is 681. The van der Waals surface area contributed by atoms with Crippen molar-refractivity contribution in [3.63, 3.8) is 0 Å². The number of nitrogens with zero attached hydrogens (tertiary/aromatic N) is 1. The smallest absolute Gasteiger partial charge is 0.256 e. The normalized spacial score (nSPS) is 15.8. The van der Waals surface area contributed by atoms with Crippen LogP contribution in [0.15, 0.2) is 24.8 Å². The first-order valence-corrected chi connectivity index (χ1v) is 11.4. The molecule has 0 spiro atoms. The Kier molecular flexibility index (Phi) is 4.28. The van der Waals surface area contributed by atoms with E-state index in [1.165, 1.54) is 0 Å². The molecule has 4 nitrogen and oxygen atoms in total. The predicted molar refractivity (Wildman–Crippen MR) is 98.2 cm³/mol. The minimum Gasteiger partial charge on any atom is -0.324 e. The molecule has 0 atom stereocenters. The van der Waals surface area contributed by atoms with Gasteiger partial charge in [0.2, 0.25) is 5.91 Å². The maximum atomic E-state index is 13.0. The van der Waals surface area contributed by atoms with E-state index in [2.05, 4.69) is 31.5 Å². The highest BCUT2D eigenvalue weighted by Crippen LogP contribution is 2.30. The number of nitrogens with one attached hydrogen (secondary N) is 1. The summed E-state index contributed by atoms with van der Waals surface area (Å²) in [6.45, 7) is 16.8. The predicted octanol–water partition coefficient (Wildman–Crippen LogP) is 3.77. The van der Waals surface area contributed by atoms with Crippen molar-refractivity contribution in [3.8, 4) is 0 Å². The molecule has 0 aliphatic carbocycles. The van der Waals surface area contributed by atoms with Crippen LogP contribution in [0.3, 0.4) is 0 Å². The summed E-state index contributed by atoms with van der Waals surface area (Å²) in [5, 5.41) is 3.94. The van der Waals surface area contributed by atoms with E-state index in [0.29, 0.717) is 11.3 Å².